The summed E-state index contributed by atoms with van der Waals surface area (Å²) in [4.78, 5) is 14.7. The lowest BCUT2D eigenvalue weighted by atomic mass is 10.0. The summed E-state index contributed by atoms with van der Waals surface area (Å²) in [6.07, 6.45) is 5.27. The highest BCUT2D eigenvalue weighted by Crippen LogP contribution is 2.19. The maximum atomic E-state index is 12.5. The summed E-state index contributed by atoms with van der Waals surface area (Å²) in [7, 11) is -1.88. The zero-order valence-electron chi connectivity index (χ0n) is 16.1. The molecule has 1 amide bonds. The average molecular weight is 382 g/mol. The number of hydrogen-bond donors (Lipinski definition) is 1. The van der Waals surface area contributed by atoms with E-state index in [9.17, 15) is 13.2 Å². The molecule has 1 fully saturated rings. The van der Waals surface area contributed by atoms with Gasteiger partial charge in [-0.1, -0.05) is 19.8 Å². The summed E-state index contributed by atoms with van der Waals surface area (Å²) in [5.41, 5.74) is 0.620. The second kappa shape index (κ2) is 9.48. The Kier molecular flexibility index (Phi) is 7.61. The van der Waals surface area contributed by atoms with Crippen LogP contribution in [0.1, 0.15) is 46.0 Å². The van der Waals surface area contributed by atoms with Crippen molar-refractivity contribution < 1.29 is 13.2 Å². The van der Waals surface area contributed by atoms with Gasteiger partial charge in [0.25, 0.3) is 0 Å². The van der Waals surface area contributed by atoms with Crippen LogP contribution in [0.5, 0.6) is 0 Å². The summed E-state index contributed by atoms with van der Waals surface area (Å²) < 4.78 is 26.4. The molecule has 1 atom stereocenters. The highest BCUT2D eigenvalue weighted by molar-refractivity contribution is 7.89. The molecule has 146 valence electrons. The van der Waals surface area contributed by atoms with E-state index in [1.54, 1.807) is 31.3 Å². The maximum absolute atomic E-state index is 12.5. The van der Waals surface area contributed by atoms with Crippen molar-refractivity contribution in [1.82, 2.24) is 9.21 Å². The van der Waals surface area contributed by atoms with Crippen molar-refractivity contribution in [3.05, 3.63) is 24.3 Å². The summed E-state index contributed by atoms with van der Waals surface area (Å²) in [6, 6.07) is 6.84. The van der Waals surface area contributed by atoms with Crippen molar-refractivity contribution in [3.63, 3.8) is 0 Å². The third-order valence-corrected chi connectivity index (χ3v) is 6.83. The van der Waals surface area contributed by atoms with Gasteiger partial charge >= 0.3 is 0 Å². The number of likely N-dealkylation sites (tertiary alicyclic amines) is 1. The van der Waals surface area contributed by atoms with Gasteiger partial charge in [-0.2, -0.15) is 0 Å². The van der Waals surface area contributed by atoms with Gasteiger partial charge in [0.1, 0.15) is 0 Å². The predicted molar refractivity (Wildman–Crippen MR) is 105 cm³/mol. The number of rotatable bonds is 8. The first-order valence-corrected chi connectivity index (χ1v) is 10.9. The van der Waals surface area contributed by atoms with Crippen LogP contribution in [0.25, 0.3) is 0 Å². The van der Waals surface area contributed by atoms with E-state index in [4.69, 9.17) is 0 Å². The van der Waals surface area contributed by atoms with Gasteiger partial charge in [0, 0.05) is 25.3 Å². The fraction of sp³-hybridized carbons (Fsp3) is 0.632. The van der Waals surface area contributed by atoms with E-state index in [1.165, 1.54) is 10.7 Å². The normalized spacial score (nSPS) is 18.8. The third-order valence-electron chi connectivity index (χ3n) is 4.96. The minimum absolute atomic E-state index is 0.0607. The van der Waals surface area contributed by atoms with Crippen LogP contribution < -0.4 is 5.32 Å². The summed E-state index contributed by atoms with van der Waals surface area (Å²) in [6.45, 7) is 6.02. The molecule has 1 aliphatic heterocycles. The molecule has 0 unspecified atom stereocenters. The molecule has 0 bridgehead atoms. The van der Waals surface area contributed by atoms with Gasteiger partial charge in [-0.05, 0) is 57.0 Å². The Labute approximate surface area is 157 Å². The fourth-order valence-corrected chi connectivity index (χ4v) is 4.38. The van der Waals surface area contributed by atoms with Crippen LogP contribution in [-0.2, 0) is 14.8 Å². The average Bonchev–Trinajstić information content (AvgIpc) is 2.62. The molecule has 0 spiro atoms. The van der Waals surface area contributed by atoms with Crippen LogP contribution in [-0.4, -0.2) is 56.3 Å². The molecule has 6 nitrogen and oxygen atoms in total. The Morgan fingerprint density at radius 1 is 1.27 bits per heavy atom. The summed E-state index contributed by atoms with van der Waals surface area (Å²) in [5.74, 6) is -0.0607. The maximum Gasteiger partial charge on any atom is 0.242 e. The molecule has 1 N–H and O–H groups in total. The highest BCUT2D eigenvalue weighted by Gasteiger charge is 2.22. The van der Waals surface area contributed by atoms with Crippen LogP contribution in [0, 0.1) is 0 Å². The van der Waals surface area contributed by atoms with E-state index in [0.717, 1.165) is 32.2 Å². The Balaban J connectivity index is 1.95. The minimum atomic E-state index is -3.47. The number of sulfonamides is 1. The van der Waals surface area contributed by atoms with Gasteiger partial charge in [-0.3, -0.25) is 9.69 Å². The van der Waals surface area contributed by atoms with Gasteiger partial charge in [-0.15, -0.1) is 0 Å². The molecule has 1 heterocycles. The lowest BCUT2D eigenvalue weighted by Crippen LogP contribution is -2.42. The zero-order valence-corrected chi connectivity index (χ0v) is 16.9. The van der Waals surface area contributed by atoms with Crippen LogP contribution >= 0.6 is 0 Å². The zero-order chi connectivity index (χ0) is 19.2. The molecule has 7 heteroatoms. The summed E-state index contributed by atoms with van der Waals surface area (Å²) >= 11 is 0. The van der Waals surface area contributed by atoms with Crippen LogP contribution in [0.4, 0.5) is 5.69 Å². The molecule has 0 aromatic heterocycles. The van der Waals surface area contributed by atoms with Gasteiger partial charge in [0.2, 0.25) is 15.9 Å². The Bertz CT molecular complexity index is 688. The number of benzene rings is 1. The van der Waals surface area contributed by atoms with Gasteiger partial charge < -0.3 is 5.32 Å². The van der Waals surface area contributed by atoms with Crippen molar-refractivity contribution in [2.45, 2.75) is 56.9 Å². The number of anilines is 1. The first-order chi connectivity index (χ1) is 12.3. The van der Waals surface area contributed by atoms with Crippen molar-refractivity contribution >= 4 is 21.6 Å². The predicted octanol–water partition coefficient (Wildman–Crippen LogP) is 2.92. The first kappa shape index (κ1) is 20.9. The van der Waals surface area contributed by atoms with Gasteiger partial charge in [0.15, 0.2) is 0 Å². The topological polar surface area (TPSA) is 69.7 Å². The first-order valence-electron chi connectivity index (χ1n) is 9.45. The van der Waals surface area contributed by atoms with Crippen LogP contribution in [0.3, 0.4) is 0 Å². The van der Waals surface area contributed by atoms with Crippen molar-refractivity contribution in [2.75, 3.05) is 32.0 Å². The molecular formula is C19H31N3O3S. The van der Waals surface area contributed by atoms with E-state index >= 15 is 0 Å². The quantitative estimate of drug-likeness (QED) is 0.752. The molecule has 0 radical (unpaired) electrons. The van der Waals surface area contributed by atoms with E-state index in [2.05, 4.69) is 17.1 Å². The highest BCUT2D eigenvalue weighted by atomic mass is 32.2. The summed E-state index contributed by atoms with van der Waals surface area (Å²) in [5, 5.41) is 2.86. The van der Waals surface area contributed by atoms with E-state index in [1.807, 2.05) is 6.92 Å². The lowest BCUT2D eigenvalue weighted by Gasteiger charge is -2.32. The van der Waals surface area contributed by atoms with E-state index in [0.29, 0.717) is 24.8 Å². The number of carbonyl (C=O) groups is 1. The second-order valence-corrected chi connectivity index (χ2v) is 9.11. The fourth-order valence-electron chi connectivity index (χ4n) is 3.17. The van der Waals surface area contributed by atoms with Crippen LogP contribution in [0.15, 0.2) is 29.2 Å². The Hall–Kier alpha value is -1.44. The minimum Gasteiger partial charge on any atom is -0.325 e. The van der Waals surface area contributed by atoms with E-state index in [-0.39, 0.29) is 10.8 Å². The largest absolute Gasteiger partial charge is 0.325 e. The molecule has 1 saturated heterocycles. The van der Waals surface area contributed by atoms with Gasteiger partial charge in [0.05, 0.1) is 11.4 Å². The molecule has 1 aromatic carbocycles. The number of nitrogens with zero attached hydrogens (tertiary/aromatic N) is 2. The van der Waals surface area contributed by atoms with Gasteiger partial charge in [-0.25, -0.2) is 12.7 Å². The smallest absolute Gasteiger partial charge is 0.242 e. The molecule has 0 saturated carbocycles. The molecule has 2 rings (SSSR count). The second-order valence-electron chi connectivity index (χ2n) is 7.07. The number of nitrogens with one attached hydrogen (secondary N) is 1. The van der Waals surface area contributed by atoms with Crippen molar-refractivity contribution in [1.29, 1.82) is 0 Å². The Morgan fingerprint density at radius 2 is 1.96 bits per heavy atom. The molecule has 1 aliphatic rings. The third kappa shape index (κ3) is 5.53. The van der Waals surface area contributed by atoms with Crippen LogP contribution in [0.2, 0.25) is 0 Å². The molecule has 1 aromatic rings. The standard InChI is InChI=1S/C19H31N3O3S/c1-4-5-13-21(3)26(24,25)18-11-9-17(10-12-18)20-19(23)15-22-14-7-6-8-16(22)2/h9-12,16H,4-8,13-15H2,1-3H3,(H,20,23)/t16-/m0/s1. The lowest BCUT2D eigenvalue weighted by molar-refractivity contribution is -0.118. The molecule has 0 aliphatic carbocycles. The number of amides is 1. The number of carbonyl (C=O) groups excluding carboxylic acids is 1. The van der Waals surface area contributed by atoms with E-state index < -0.39 is 10.0 Å². The number of unbranched alkanes of at least 4 members (excludes halogenated alkanes) is 1. The van der Waals surface area contributed by atoms with Crippen molar-refractivity contribution in [2.24, 2.45) is 0 Å². The Morgan fingerprint density at radius 3 is 2.58 bits per heavy atom. The SMILES string of the molecule is CCCCN(C)S(=O)(=O)c1ccc(NC(=O)CN2CCCC[C@@H]2C)cc1. The monoisotopic (exact) mass is 381 g/mol. The number of hydrogen-bond acceptors (Lipinski definition) is 4. The van der Waals surface area contributed by atoms with Crippen molar-refractivity contribution in [3.8, 4) is 0 Å². The molecule has 26 heavy (non-hydrogen) atoms. The molecular weight excluding hydrogens is 350 g/mol. The number of piperidine rings is 1.